The first-order valence-electron chi connectivity index (χ1n) is 15.0. The fraction of sp³-hybridized carbons (Fsp3) is 0.343. The maximum absolute atomic E-state index is 13.3. The third-order valence-electron chi connectivity index (χ3n) is 8.34. The Bertz CT molecular complexity index is 1620. The first-order valence-corrected chi connectivity index (χ1v) is 15.0. The molecule has 220 valence electrons. The van der Waals surface area contributed by atoms with Crippen molar-refractivity contribution in [1.82, 2.24) is 10.2 Å². The standard InChI is InChI=1S/C35H35N3O5/c1-23-2-9-28(10-3-23)42-31-16-18-38(19-17-31)35(40)25-6-15-32-26(20-25)21-33(43-32)34(39)37-27-7-13-30(14-8-27)41-29-11-4-24(22-36)5-12-29/h2-6,9-12,15,20-21,27,30-31H,7-8,13-14,16-19H2,1H3,(H,37,39)/t27-,30+. The minimum absolute atomic E-state index is 0.0251. The summed E-state index contributed by atoms with van der Waals surface area (Å²) in [5, 5.41) is 12.8. The van der Waals surface area contributed by atoms with Gasteiger partial charge in [-0.15, -0.1) is 0 Å². The van der Waals surface area contributed by atoms with Gasteiger partial charge in [-0.05, 0) is 93.3 Å². The van der Waals surface area contributed by atoms with E-state index in [1.54, 1.807) is 36.4 Å². The number of hydrogen-bond acceptors (Lipinski definition) is 6. The molecule has 1 aliphatic heterocycles. The average Bonchev–Trinajstić information content (AvgIpc) is 3.47. The summed E-state index contributed by atoms with van der Waals surface area (Å²) in [6.07, 6.45) is 4.99. The van der Waals surface area contributed by atoms with Crippen LogP contribution in [0, 0.1) is 18.3 Å². The Balaban J connectivity index is 0.996. The molecule has 3 aromatic carbocycles. The van der Waals surface area contributed by atoms with E-state index >= 15 is 0 Å². The van der Waals surface area contributed by atoms with Gasteiger partial charge in [-0.1, -0.05) is 17.7 Å². The number of amides is 2. The zero-order chi connectivity index (χ0) is 29.8. The highest BCUT2D eigenvalue weighted by Crippen LogP contribution is 2.27. The molecular formula is C35H35N3O5. The molecule has 1 N–H and O–H groups in total. The molecule has 8 heteroatoms. The lowest BCUT2D eigenvalue weighted by molar-refractivity contribution is 0.0595. The van der Waals surface area contributed by atoms with Crippen LogP contribution in [0.5, 0.6) is 11.5 Å². The third-order valence-corrected chi connectivity index (χ3v) is 8.34. The molecule has 2 heterocycles. The highest BCUT2D eigenvalue weighted by atomic mass is 16.5. The lowest BCUT2D eigenvalue weighted by Gasteiger charge is -2.32. The molecule has 0 radical (unpaired) electrons. The number of rotatable bonds is 7. The maximum Gasteiger partial charge on any atom is 0.287 e. The Morgan fingerprint density at radius 1 is 0.837 bits per heavy atom. The Hall–Kier alpha value is -4.77. The molecule has 2 aliphatic rings. The van der Waals surface area contributed by atoms with Crippen molar-refractivity contribution < 1.29 is 23.5 Å². The van der Waals surface area contributed by atoms with Gasteiger partial charge in [0.05, 0.1) is 17.7 Å². The SMILES string of the molecule is Cc1ccc(OC2CCN(C(=O)c3ccc4oc(C(=O)N[C@H]5CC[C@@H](Oc6ccc(C#N)cc6)CC5)cc4c3)CC2)cc1. The van der Waals surface area contributed by atoms with Crippen molar-refractivity contribution in [2.45, 2.75) is 63.7 Å². The largest absolute Gasteiger partial charge is 0.490 e. The minimum Gasteiger partial charge on any atom is -0.490 e. The van der Waals surface area contributed by atoms with Gasteiger partial charge in [0, 0.05) is 42.9 Å². The van der Waals surface area contributed by atoms with Crippen molar-refractivity contribution in [3.05, 3.63) is 95.2 Å². The summed E-state index contributed by atoms with van der Waals surface area (Å²) in [4.78, 5) is 28.1. The van der Waals surface area contributed by atoms with Gasteiger partial charge in [-0.2, -0.15) is 5.26 Å². The Morgan fingerprint density at radius 3 is 2.12 bits per heavy atom. The number of piperidine rings is 1. The summed E-state index contributed by atoms with van der Waals surface area (Å²) >= 11 is 0. The second-order valence-corrected chi connectivity index (χ2v) is 11.5. The molecule has 1 saturated carbocycles. The number of fused-ring (bicyclic) bond motifs is 1. The van der Waals surface area contributed by atoms with E-state index in [-0.39, 0.29) is 35.8 Å². The zero-order valence-corrected chi connectivity index (χ0v) is 24.3. The summed E-state index contributed by atoms with van der Waals surface area (Å²) in [7, 11) is 0. The van der Waals surface area contributed by atoms with E-state index in [1.165, 1.54) is 5.56 Å². The van der Waals surface area contributed by atoms with Crippen LogP contribution in [0.2, 0.25) is 0 Å². The average molecular weight is 578 g/mol. The molecule has 6 rings (SSSR count). The number of carbonyl (C=O) groups is 2. The van der Waals surface area contributed by atoms with Crippen LogP contribution in [0.25, 0.3) is 11.0 Å². The quantitative estimate of drug-likeness (QED) is 0.272. The number of carbonyl (C=O) groups excluding carboxylic acids is 2. The summed E-state index contributed by atoms with van der Waals surface area (Å²) in [6.45, 7) is 3.31. The van der Waals surface area contributed by atoms with Gasteiger partial charge in [-0.25, -0.2) is 0 Å². The van der Waals surface area contributed by atoms with E-state index in [0.717, 1.165) is 55.4 Å². The molecule has 2 amide bonds. The van der Waals surface area contributed by atoms with Crippen LogP contribution in [-0.4, -0.2) is 48.1 Å². The van der Waals surface area contributed by atoms with Gasteiger partial charge in [0.25, 0.3) is 11.8 Å². The molecule has 0 atom stereocenters. The highest BCUT2D eigenvalue weighted by Gasteiger charge is 2.27. The lowest BCUT2D eigenvalue weighted by Crippen LogP contribution is -2.41. The van der Waals surface area contributed by atoms with Gasteiger partial charge in [0.2, 0.25) is 0 Å². The number of nitrogens with one attached hydrogen (secondary N) is 1. The Morgan fingerprint density at radius 2 is 1.47 bits per heavy atom. The topological polar surface area (TPSA) is 105 Å². The molecule has 1 aromatic heterocycles. The normalized spacial score (nSPS) is 19.0. The predicted octanol–water partition coefficient (Wildman–Crippen LogP) is 6.42. The molecule has 43 heavy (non-hydrogen) atoms. The third kappa shape index (κ3) is 6.83. The fourth-order valence-electron chi connectivity index (χ4n) is 5.84. The summed E-state index contributed by atoms with van der Waals surface area (Å²) in [6, 6.07) is 24.4. The Kier molecular flexibility index (Phi) is 8.32. The number of nitrogens with zero attached hydrogens (tertiary/aromatic N) is 2. The monoisotopic (exact) mass is 577 g/mol. The number of benzene rings is 3. The number of likely N-dealkylation sites (tertiary alicyclic amines) is 1. The molecule has 0 spiro atoms. The van der Waals surface area contributed by atoms with Crippen LogP contribution in [0.15, 0.2) is 77.2 Å². The van der Waals surface area contributed by atoms with Crippen LogP contribution in [0.1, 0.15) is 70.6 Å². The van der Waals surface area contributed by atoms with Gasteiger partial charge >= 0.3 is 0 Å². The molecule has 1 saturated heterocycles. The van der Waals surface area contributed by atoms with Crippen molar-refractivity contribution in [2.24, 2.45) is 0 Å². The molecule has 4 aromatic rings. The molecule has 2 fully saturated rings. The van der Waals surface area contributed by atoms with Crippen LogP contribution in [0.4, 0.5) is 0 Å². The number of hydrogen-bond donors (Lipinski definition) is 1. The van der Waals surface area contributed by atoms with E-state index < -0.39 is 0 Å². The second-order valence-electron chi connectivity index (χ2n) is 11.5. The zero-order valence-electron chi connectivity index (χ0n) is 24.3. The van der Waals surface area contributed by atoms with E-state index in [1.807, 2.05) is 41.3 Å². The number of aryl methyl sites for hydroxylation is 1. The summed E-state index contributed by atoms with van der Waals surface area (Å²) in [5.74, 6) is 1.58. The van der Waals surface area contributed by atoms with Crippen molar-refractivity contribution in [1.29, 1.82) is 5.26 Å². The van der Waals surface area contributed by atoms with Gasteiger partial charge in [0.1, 0.15) is 23.2 Å². The van der Waals surface area contributed by atoms with Gasteiger partial charge < -0.3 is 24.1 Å². The van der Waals surface area contributed by atoms with Crippen molar-refractivity contribution in [2.75, 3.05) is 13.1 Å². The predicted molar refractivity (Wildman–Crippen MR) is 162 cm³/mol. The van der Waals surface area contributed by atoms with E-state index in [9.17, 15) is 9.59 Å². The maximum atomic E-state index is 13.3. The Labute approximate surface area is 251 Å². The number of ether oxygens (including phenoxy) is 2. The number of nitriles is 1. The summed E-state index contributed by atoms with van der Waals surface area (Å²) < 4.78 is 18.0. The van der Waals surface area contributed by atoms with Crippen molar-refractivity contribution >= 4 is 22.8 Å². The minimum atomic E-state index is -0.254. The van der Waals surface area contributed by atoms with Gasteiger partial charge in [0.15, 0.2) is 5.76 Å². The molecule has 1 aliphatic carbocycles. The molecule has 8 nitrogen and oxygen atoms in total. The van der Waals surface area contributed by atoms with Gasteiger partial charge in [-0.3, -0.25) is 9.59 Å². The van der Waals surface area contributed by atoms with Crippen LogP contribution in [0.3, 0.4) is 0 Å². The van der Waals surface area contributed by atoms with Crippen LogP contribution >= 0.6 is 0 Å². The van der Waals surface area contributed by atoms with Crippen molar-refractivity contribution in [3.63, 3.8) is 0 Å². The van der Waals surface area contributed by atoms with E-state index in [4.69, 9.17) is 19.2 Å². The first kappa shape index (κ1) is 28.4. The second kappa shape index (κ2) is 12.6. The highest BCUT2D eigenvalue weighted by molar-refractivity contribution is 6.00. The van der Waals surface area contributed by atoms with E-state index in [2.05, 4.69) is 18.3 Å². The van der Waals surface area contributed by atoms with Crippen LogP contribution < -0.4 is 14.8 Å². The smallest absolute Gasteiger partial charge is 0.287 e. The molecular weight excluding hydrogens is 542 g/mol. The molecule has 0 bridgehead atoms. The van der Waals surface area contributed by atoms with E-state index in [0.29, 0.717) is 29.8 Å². The summed E-state index contributed by atoms with van der Waals surface area (Å²) in [5.41, 5.74) is 2.96. The fourth-order valence-corrected chi connectivity index (χ4v) is 5.84. The number of furan rings is 1. The lowest BCUT2D eigenvalue weighted by atomic mass is 9.93. The first-order chi connectivity index (χ1) is 20.9. The van der Waals surface area contributed by atoms with Crippen molar-refractivity contribution in [3.8, 4) is 17.6 Å². The molecule has 0 unspecified atom stereocenters. The van der Waals surface area contributed by atoms with Crippen LogP contribution in [-0.2, 0) is 0 Å².